The van der Waals surface area contributed by atoms with E-state index in [0.29, 0.717) is 0 Å². The van der Waals surface area contributed by atoms with Crippen molar-refractivity contribution < 1.29 is 4.42 Å². The Morgan fingerprint density at radius 2 is 1.06 bits per heavy atom. The number of benzene rings is 6. The lowest BCUT2D eigenvalue weighted by Gasteiger charge is -2.12. The van der Waals surface area contributed by atoms with Crippen LogP contribution in [-0.2, 0) is 0 Å². The first kappa shape index (κ1) is 26.7. The van der Waals surface area contributed by atoms with Crippen molar-refractivity contribution >= 4 is 54.5 Å². The molecule has 0 spiro atoms. The summed E-state index contributed by atoms with van der Waals surface area (Å²) in [4.78, 5) is 10.2. The number of aromatic nitrogens is 3. The summed E-state index contributed by atoms with van der Waals surface area (Å²) < 4.78 is 8.96. The van der Waals surface area contributed by atoms with E-state index in [4.69, 9.17) is 14.4 Å². The molecule has 0 bridgehead atoms. The van der Waals surface area contributed by atoms with Gasteiger partial charge in [-0.1, -0.05) is 121 Å². The maximum atomic E-state index is 6.66. The molecule has 224 valence electrons. The molecule has 0 atom stereocenters. The lowest BCUT2D eigenvalue weighted by Crippen LogP contribution is -1.98. The van der Waals surface area contributed by atoms with Crippen LogP contribution in [0.4, 0.5) is 0 Å². The summed E-state index contributed by atoms with van der Waals surface area (Å²) in [6.45, 7) is 0. The van der Waals surface area contributed by atoms with Crippen LogP contribution in [0, 0.1) is 0 Å². The van der Waals surface area contributed by atoms with Gasteiger partial charge < -0.3 is 4.42 Å². The fourth-order valence-corrected chi connectivity index (χ4v) is 7.26. The number of hydrogen-bond acceptors (Lipinski definition) is 3. The molecule has 4 heterocycles. The summed E-state index contributed by atoms with van der Waals surface area (Å²) >= 11 is 0. The summed E-state index contributed by atoms with van der Waals surface area (Å²) in [5.41, 5.74) is 10.1. The van der Waals surface area contributed by atoms with Gasteiger partial charge in [0.1, 0.15) is 17.0 Å². The van der Waals surface area contributed by atoms with Crippen LogP contribution in [0.1, 0.15) is 0 Å². The van der Waals surface area contributed by atoms with Crippen molar-refractivity contribution in [2.75, 3.05) is 0 Å². The number of fused-ring (bicyclic) bond motifs is 10. The van der Waals surface area contributed by atoms with Crippen LogP contribution in [-0.4, -0.2) is 14.5 Å². The number of nitrogens with zero attached hydrogens (tertiary/aromatic N) is 3. The van der Waals surface area contributed by atoms with E-state index in [1.165, 1.54) is 10.8 Å². The van der Waals surface area contributed by atoms with Crippen molar-refractivity contribution in [1.29, 1.82) is 0 Å². The average Bonchev–Trinajstić information content (AvgIpc) is 3.72. The Bertz CT molecular complexity index is 2760. The summed E-state index contributed by atoms with van der Waals surface area (Å²) in [7, 11) is 0. The maximum absolute atomic E-state index is 6.66. The molecule has 0 aliphatic heterocycles. The van der Waals surface area contributed by atoms with Crippen molar-refractivity contribution in [2.45, 2.75) is 0 Å². The van der Waals surface area contributed by atoms with Crippen LogP contribution in [0.15, 0.2) is 168 Å². The van der Waals surface area contributed by atoms with Gasteiger partial charge in [0, 0.05) is 44.4 Å². The molecular formula is C44H27N3O. The van der Waals surface area contributed by atoms with E-state index in [0.717, 1.165) is 83.2 Å². The largest absolute Gasteiger partial charge is 0.455 e. The Morgan fingerprint density at radius 1 is 0.458 bits per heavy atom. The minimum absolute atomic E-state index is 0.853. The fourth-order valence-electron chi connectivity index (χ4n) is 7.26. The highest BCUT2D eigenvalue weighted by Gasteiger charge is 2.23. The molecule has 0 aliphatic carbocycles. The Morgan fingerprint density at radius 3 is 1.75 bits per heavy atom. The summed E-state index contributed by atoms with van der Waals surface area (Å²) in [5, 5.41) is 6.87. The zero-order valence-electron chi connectivity index (χ0n) is 25.8. The highest BCUT2D eigenvalue weighted by Crippen LogP contribution is 2.45. The zero-order valence-corrected chi connectivity index (χ0v) is 25.8. The van der Waals surface area contributed by atoms with E-state index in [2.05, 4.69) is 144 Å². The van der Waals surface area contributed by atoms with Crippen molar-refractivity contribution in [3.05, 3.63) is 164 Å². The van der Waals surface area contributed by atoms with Gasteiger partial charge in [0.05, 0.1) is 27.8 Å². The number of rotatable bonds is 4. The van der Waals surface area contributed by atoms with Crippen molar-refractivity contribution in [2.24, 2.45) is 0 Å². The first-order valence-electron chi connectivity index (χ1n) is 16.2. The smallest absolute Gasteiger partial charge is 0.146 e. The molecule has 0 saturated carbocycles. The molecule has 0 fully saturated rings. The maximum Gasteiger partial charge on any atom is 0.146 e. The molecule has 10 rings (SSSR count). The molecule has 0 N–H and O–H groups in total. The van der Waals surface area contributed by atoms with Gasteiger partial charge in [-0.2, -0.15) is 0 Å². The van der Waals surface area contributed by atoms with E-state index >= 15 is 0 Å². The average molecular weight is 614 g/mol. The molecule has 10 aromatic rings. The van der Waals surface area contributed by atoms with Crippen LogP contribution in [0.3, 0.4) is 0 Å². The van der Waals surface area contributed by atoms with Crippen LogP contribution in [0.5, 0.6) is 0 Å². The summed E-state index contributed by atoms with van der Waals surface area (Å²) in [5.74, 6) is 0.853. The van der Waals surface area contributed by atoms with Gasteiger partial charge in [0.2, 0.25) is 0 Å². The molecule has 4 heteroatoms. The third-order valence-electron chi connectivity index (χ3n) is 9.42. The Balaban J connectivity index is 1.21. The van der Waals surface area contributed by atoms with Crippen LogP contribution in [0.25, 0.3) is 94.0 Å². The lowest BCUT2D eigenvalue weighted by molar-refractivity contribution is 0.673. The molecule has 6 aromatic carbocycles. The highest BCUT2D eigenvalue weighted by atomic mass is 16.3. The predicted octanol–water partition coefficient (Wildman–Crippen LogP) is 11.6. The summed E-state index contributed by atoms with van der Waals surface area (Å²) in [6.07, 6.45) is 1.98. The second-order valence-corrected chi connectivity index (χ2v) is 12.2. The number of furan rings is 1. The molecule has 0 unspecified atom stereocenters. The van der Waals surface area contributed by atoms with Crippen LogP contribution >= 0.6 is 0 Å². The first-order chi connectivity index (χ1) is 23.8. The summed E-state index contributed by atoms with van der Waals surface area (Å²) in [6, 6.07) is 54.9. The van der Waals surface area contributed by atoms with Gasteiger partial charge in [-0.15, -0.1) is 0 Å². The topological polar surface area (TPSA) is 43.9 Å². The molecule has 0 aliphatic rings. The molecule has 0 amide bonds. The third kappa shape index (κ3) is 4.03. The molecule has 4 nitrogen and oxygen atoms in total. The molecular weight excluding hydrogens is 587 g/mol. The highest BCUT2D eigenvalue weighted by molar-refractivity contribution is 6.35. The van der Waals surface area contributed by atoms with Gasteiger partial charge in [0.25, 0.3) is 0 Å². The minimum Gasteiger partial charge on any atom is -0.455 e. The lowest BCUT2D eigenvalue weighted by atomic mass is 9.99. The number of pyridine rings is 2. The van der Waals surface area contributed by atoms with Gasteiger partial charge in [-0.05, 0) is 47.3 Å². The standard InChI is InChI=1S/C44H27N3O/c1-3-13-28(14-4-1)36-25-31(26-37(46-36)29-15-5-2-6-16-29)30-23-24-40(45-27-30)47-38-21-11-9-19-34(38)42-43(47)33-18-8-7-17-32(33)41-35-20-10-12-22-39(35)48-44(41)42/h1-27H. The van der Waals surface area contributed by atoms with Crippen molar-refractivity contribution in [1.82, 2.24) is 14.5 Å². The van der Waals surface area contributed by atoms with Gasteiger partial charge in [-0.25, -0.2) is 9.97 Å². The second kappa shape index (κ2) is 10.5. The third-order valence-corrected chi connectivity index (χ3v) is 9.42. The molecule has 0 saturated heterocycles. The molecule has 4 aromatic heterocycles. The minimum atomic E-state index is 0.853. The van der Waals surface area contributed by atoms with Crippen molar-refractivity contribution in [3.63, 3.8) is 0 Å². The van der Waals surface area contributed by atoms with E-state index in [1.807, 2.05) is 24.4 Å². The SMILES string of the molecule is c1ccc(-c2cc(-c3ccc(-n4c5ccccc5c5c6oc7ccccc7c6c6ccccc6c54)nc3)cc(-c3ccccc3)n2)cc1. The van der Waals surface area contributed by atoms with Crippen LogP contribution in [0.2, 0.25) is 0 Å². The first-order valence-corrected chi connectivity index (χ1v) is 16.2. The predicted molar refractivity (Wildman–Crippen MR) is 197 cm³/mol. The van der Waals surface area contributed by atoms with E-state index in [9.17, 15) is 0 Å². The monoisotopic (exact) mass is 613 g/mol. The second-order valence-electron chi connectivity index (χ2n) is 12.2. The normalized spacial score (nSPS) is 11.8. The zero-order chi connectivity index (χ0) is 31.6. The Kier molecular flexibility index (Phi) is 5.84. The molecule has 48 heavy (non-hydrogen) atoms. The van der Waals surface area contributed by atoms with Gasteiger partial charge in [-0.3, -0.25) is 4.57 Å². The van der Waals surface area contributed by atoms with Gasteiger partial charge in [0.15, 0.2) is 0 Å². The fraction of sp³-hybridized carbons (Fsp3) is 0. The van der Waals surface area contributed by atoms with Crippen molar-refractivity contribution in [3.8, 4) is 39.5 Å². The van der Waals surface area contributed by atoms with E-state index in [-0.39, 0.29) is 0 Å². The Hall–Kier alpha value is -6.52. The van der Waals surface area contributed by atoms with Gasteiger partial charge >= 0.3 is 0 Å². The molecule has 0 radical (unpaired) electrons. The van der Waals surface area contributed by atoms with E-state index in [1.54, 1.807) is 0 Å². The Labute approximate surface area is 276 Å². The number of para-hydroxylation sites is 2. The van der Waals surface area contributed by atoms with Crippen LogP contribution < -0.4 is 0 Å². The number of hydrogen-bond donors (Lipinski definition) is 0. The quantitative estimate of drug-likeness (QED) is 0.198. The van der Waals surface area contributed by atoms with E-state index < -0.39 is 0 Å².